The second-order valence-electron chi connectivity index (χ2n) is 18.5. The molecule has 8 nitrogen and oxygen atoms in total. The van der Waals surface area contributed by atoms with Gasteiger partial charge in [-0.15, -0.1) is 0 Å². The lowest BCUT2D eigenvalue weighted by Gasteiger charge is -2.62. The van der Waals surface area contributed by atoms with Gasteiger partial charge in [0.1, 0.15) is 12.2 Å². The topological polar surface area (TPSA) is 85.4 Å². The first-order chi connectivity index (χ1) is 25.5. The number of carbonyl (C=O) groups is 3. The Kier molecular flexibility index (Phi) is 8.85. The molecule has 2 aromatic carbocycles. The van der Waals surface area contributed by atoms with Crippen LogP contribution in [-0.4, -0.2) is 43.9 Å². The number of esters is 3. The second-order valence-corrected chi connectivity index (χ2v) is 18.5. The fourth-order valence-electron chi connectivity index (χ4n) is 13.4. The van der Waals surface area contributed by atoms with Gasteiger partial charge in [-0.1, -0.05) is 45.0 Å². The number of ether oxygens (including phenoxy) is 3. The molecule has 4 saturated carbocycles. The lowest BCUT2D eigenvalue weighted by atomic mass is 9.43. The minimum Gasteiger partial charge on any atom is -0.469 e. The number of anilines is 2. The molecule has 0 spiro atoms. The predicted molar refractivity (Wildman–Crippen MR) is 203 cm³/mol. The van der Waals surface area contributed by atoms with Gasteiger partial charge in [0.15, 0.2) is 0 Å². The number of nitrogens with zero attached hydrogens (tertiary/aromatic N) is 2. The van der Waals surface area contributed by atoms with Gasteiger partial charge in [0.2, 0.25) is 0 Å². The van der Waals surface area contributed by atoms with E-state index in [4.69, 9.17) is 14.2 Å². The molecule has 0 amide bonds. The molecule has 8 heteroatoms. The van der Waals surface area contributed by atoms with Crippen LogP contribution in [-0.2, 0) is 54.5 Å². The average molecular weight is 723 g/mol. The van der Waals surface area contributed by atoms with Gasteiger partial charge in [-0.2, -0.15) is 0 Å². The summed E-state index contributed by atoms with van der Waals surface area (Å²) in [4.78, 5) is 44.6. The molecule has 8 aliphatic heterocycles. The third kappa shape index (κ3) is 5.96. The Labute approximate surface area is 315 Å². The first-order valence-corrected chi connectivity index (χ1v) is 20.7. The molecule has 13 bridgehead atoms. The number of hydrogen-bond donors (Lipinski definition) is 0. The largest absolute Gasteiger partial charge is 0.469 e. The Bertz CT molecular complexity index is 1790. The summed E-state index contributed by atoms with van der Waals surface area (Å²) < 4.78 is 18.1. The van der Waals surface area contributed by atoms with Crippen LogP contribution < -0.4 is 9.80 Å². The maximum Gasteiger partial charge on any atom is 0.310 e. The van der Waals surface area contributed by atoms with Crippen LogP contribution in [0.1, 0.15) is 114 Å². The van der Waals surface area contributed by atoms with E-state index in [1.165, 1.54) is 48.0 Å². The lowest BCUT2D eigenvalue weighted by molar-refractivity contribution is -0.199. The van der Waals surface area contributed by atoms with Crippen LogP contribution in [0.25, 0.3) is 0 Å². The maximum atomic E-state index is 14.1. The van der Waals surface area contributed by atoms with Crippen molar-refractivity contribution in [3.63, 3.8) is 0 Å². The summed E-state index contributed by atoms with van der Waals surface area (Å²) in [6.07, 6.45) is 10.8. The second kappa shape index (κ2) is 13.3. The zero-order chi connectivity index (χ0) is 36.6. The molecular weight excluding hydrogens is 665 g/mol. The van der Waals surface area contributed by atoms with E-state index in [0.717, 1.165) is 70.3 Å². The summed E-state index contributed by atoms with van der Waals surface area (Å²) in [7, 11) is 1.47. The van der Waals surface area contributed by atoms with Gasteiger partial charge in [-0.3, -0.25) is 14.4 Å². The Morgan fingerprint density at radius 3 is 2.36 bits per heavy atom. The Hall–Kier alpha value is -3.55. The van der Waals surface area contributed by atoms with Crippen molar-refractivity contribution >= 4 is 29.3 Å². The zero-order valence-electron chi connectivity index (χ0n) is 32.2. The van der Waals surface area contributed by atoms with Crippen LogP contribution in [0.5, 0.6) is 0 Å². The molecule has 10 atom stereocenters. The van der Waals surface area contributed by atoms with E-state index < -0.39 is 0 Å². The summed E-state index contributed by atoms with van der Waals surface area (Å²) >= 11 is 0. The number of hydrogen-bond acceptors (Lipinski definition) is 8. The van der Waals surface area contributed by atoms with Crippen LogP contribution in [0.4, 0.5) is 11.4 Å². The van der Waals surface area contributed by atoms with Crippen molar-refractivity contribution in [2.24, 2.45) is 46.3 Å². The van der Waals surface area contributed by atoms with Gasteiger partial charge in [-0.25, -0.2) is 0 Å². The van der Waals surface area contributed by atoms with Gasteiger partial charge in [-0.05, 0) is 140 Å². The molecule has 0 aromatic heterocycles. The molecule has 8 heterocycles. The van der Waals surface area contributed by atoms with E-state index in [9.17, 15) is 14.4 Å². The fraction of sp³-hybridized carbons (Fsp3) is 0.667. The summed E-state index contributed by atoms with van der Waals surface area (Å²) in [6.45, 7) is 9.74. The van der Waals surface area contributed by atoms with Crippen molar-refractivity contribution in [3.8, 4) is 0 Å². The molecule has 12 aliphatic rings. The quantitative estimate of drug-likeness (QED) is 0.231. The monoisotopic (exact) mass is 722 g/mol. The van der Waals surface area contributed by atoms with Crippen LogP contribution in [0.3, 0.4) is 0 Å². The van der Waals surface area contributed by atoms with Gasteiger partial charge < -0.3 is 24.0 Å². The molecule has 53 heavy (non-hydrogen) atoms. The standard InChI is InChI=1S/C45H58N2O6/c1-27(5-15-41(48)51-4)35-11-12-36-34-10-9-32-22-33-17-18-44(32,2)37(34)23-40(45(35,36)3)53-42(49)16-8-28-6-13-38-30(19-28)24-46-26-47(38)25-31-20-29(7-14-39(31)46)21-43(50)52-33/h6-7,13-14,19-20,27,32-37,40H,5,8-12,15-18,21-26H2,1-4H3/t27-,32-,33-,34+,35-,36+,37+,40+,44+,45-/m1/s1. The van der Waals surface area contributed by atoms with E-state index in [1.54, 1.807) is 0 Å². The molecule has 4 aliphatic carbocycles. The first-order valence-electron chi connectivity index (χ1n) is 20.7. The highest BCUT2D eigenvalue weighted by atomic mass is 16.5. The molecule has 14 rings (SSSR count). The van der Waals surface area contributed by atoms with Crippen molar-refractivity contribution < 1.29 is 28.6 Å². The molecule has 0 saturated heterocycles. The molecule has 2 aromatic rings. The molecular formula is C45H58N2O6. The number of rotatable bonds is 4. The van der Waals surface area contributed by atoms with Crippen LogP contribution in [0.15, 0.2) is 36.4 Å². The highest BCUT2D eigenvalue weighted by Gasteiger charge is 2.65. The summed E-state index contributed by atoms with van der Waals surface area (Å²) in [5, 5.41) is 0. The third-order valence-electron chi connectivity index (χ3n) is 16.1. The normalized spacial score (nSPS) is 36.4. The van der Waals surface area contributed by atoms with Crippen LogP contribution >= 0.6 is 0 Å². The van der Waals surface area contributed by atoms with Gasteiger partial charge >= 0.3 is 17.9 Å². The minimum atomic E-state index is -0.149. The first kappa shape index (κ1) is 35.2. The van der Waals surface area contributed by atoms with Gasteiger partial charge in [0.25, 0.3) is 0 Å². The van der Waals surface area contributed by atoms with Crippen molar-refractivity contribution in [2.45, 2.75) is 130 Å². The van der Waals surface area contributed by atoms with Crippen molar-refractivity contribution in [2.75, 3.05) is 23.6 Å². The zero-order valence-corrected chi connectivity index (χ0v) is 32.2. The van der Waals surface area contributed by atoms with Crippen molar-refractivity contribution in [3.05, 3.63) is 58.7 Å². The predicted octanol–water partition coefficient (Wildman–Crippen LogP) is 8.15. The van der Waals surface area contributed by atoms with Crippen LogP contribution in [0.2, 0.25) is 0 Å². The Morgan fingerprint density at radius 1 is 0.868 bits per heavy atom. The third-order valence-corrected chi connectivity index (χ3v) is 16.1. The maximum absolute atomic E-state index is 14.1. The van der Waals surface area contributed by atoms with E-state index in [0.29, 0.717) is 61.2 Å². The van der Waals surface area contributed by atoms with Crippen molar-refractivity contribution in [1.82, 2.24) is 0 Å². The highest BCUT2D eigenvalue weighted by Crippen LogP contribution is 2.69. The number of methoxy groups -OCH3 is 1. The van der Waals surface area contributed by atoms with Gasteiger partial charge in [0.05, 0.1) is 20.2 Å². The smallest absolute Gasteiger partial charge is 0.310 e. The molecule has 0 N–H and O–H groups in total. The number of fused-ring (bicyclic) bond motifs is 2. The van der Waals surface area contributed by atoms with E-state index >= 15 is 0 Å². The van der Waals surface area contributed by atoms with Gasteiger partial charge in [0, 0.05) is 42.7 Å². The molecule has 284 valence electrons. The Morgan fingerprint density at radius 2 is 1.60 bits per heavy atom. The highest BCUT2D eigenvalue weighted by molar-refractivity contribution is 5.75. The van der Waals surface area contributed by atoms with E-state index in [-0.39, 0.29) is 40.9 Å². The van der Waals surface area contributed by atoms with Crippen LogP contribution in [0, 0.1) is 46.3 Å². The summed E-state index contributed by atoms with van der Waals surface area (Å²) in [5.74, 6) is 2.44. The summed E-state index contributed by atoms with van der Waals surface area (Å²) in [6, 6.07) is 13.2. The molecule has 0 unspecified atom stereocenters. The SMILES string of the molecule is COC(=O)CC[C@@H](C)[C@H]1CC[C@H]2[C@@H]3CC[C@@H]4C[C@H]5CC[C@]4(C)[C@H]3C[C@H](OC(=O)CCc3ccc4c(c3)CN3CN4Cc4cc(ccc43)CC(=O)O5)[C@]12C. The van der Waals surface area contributed by atoms with Crippen molar-refractivity contribution in [1.29, 1.82) is 0 Å². The summed E-state index contributed by atoms with van der Waals surface area (Å²) in [5.41, 5.74) is 7.24. The molecule has 4 fully saturated rings. The number of aryl methyl sites for hydroxylation is 1. The van der Waals surface area contributed by atoms with E-state index in [2.05, 4.69) is 67.0 Å². The minimum absolute atomic E-state index is 0.0388. The van der Waals surface area contributed by atoms with E-state index in [1.807, 2.05) is 0 Å². The number of benzene rings is 2. The number of carbonyl (C=O) groups excluding carboxylic acids is 3. The Balaban J connectivity index is 1.04. The fourth-order valence-corrected chi connectivity index (χ4v) is 13.4. The lowest BCUT2D eigenvalue weighted by Crippen LogP contribution is -2.59. The average Bonchev–Trinajstić information content (AvgIpc) is 3.51. The molecule has 0 radical (unpaired) electrons.